The van der Waals surface area contributed by atoms with Gasteiger partial charge in [-0.15, -0.1) is 0 Å². The second-order valence-corrected chi connectivity index (χ2v) is 6.80. The lowest BCUT2D eigenvalue weighted by atomic mass is 9.76. The second kappa shape index (κ2) is 7.47. The van der Waals surface area contributed by atoms with Crippen LogP contribution in [0.15, 0.2) is 54.6 Å². The Hall–Kier alpha value is -3.54. The summed E-state index contributed by atoms with van der Waals surface area (Å²) in [4.78, 5) is 12.8. The van der Waals surface area contributed by atoms with Crippen molar-refractivity contribution < 1.29 is 24.1 Å². The van der Waals surface area contributed by atoms with Crippen LogP contribution in [-0.2, 0) is 9.53 Å². The summed E-state index contributed by atoms with van der Waals surface area (Å²) >= 11 is 0. The monoisotopic (exact) mass is 391 g/mol. The molecule has 0 saturated heterocycles. The summed E-state index contributed by atoms with van der Waals surface area (Å²) in [5, 5.41) is 20.4. The molecule has 3 aromatic rings. The Bertz CT molecular complexity index is 1110. The third-order valence-electron chi connectivity index (χ3n) is 5.18. The molecule has 0 bridgehead atoms. The number of nitrogens with one attached hydrogen (secondary N) is 1. The van der Waals surface area contributed by atoms with E-state index < -0.39 is 17.8 Å². The molecule has 6 nitrogen and oxygen atoms in total. The zero-order valence-electron chi connectivity index (χ0n) is 16.1. The van der Waals surface area contributed by atoms with Gasteiger partial charge in [0.1, 0.15) is 11.7 Å². The van der Waals surface area contributed by atoms with Gasteiger partial charge >= 0.3 is 5.97 Å². The van der Waals surface area contributed by atoms with Crippen LogP contribution in [0.5, 0.6) is 17.2 Å². The van der Waals surface area contributed by atoms with Crippen LogP contribution in [0.2, 0.25) is 0 Å². The maximum absolute atomic E-state index is 12.8. The van der Waals surface area contributed by atoms with Crippen molar-refractivity contribution in [2.24, 2.45) is 5.92 Å². The number of benzene rings is 3. The largest absolute Gasteiger partial charge is 0.504 e. The lowest BCUT2D eigenvalue weighted by Gasteiger charge is -2.33. The standard InChI is InChI=1S/C23H21NO5/c1-3-28-23(26)21-19(14-8-10-16(25)18(12-14)27-2)20-15-7-5-4-6-13(15)9-11-17(20)29-22(21)24/h4-12,19,21,24-25H,3H2,1-2H3. The van der Waals surface area contributed by atoms with E-state index in [0.29, 0.717) is 11.5 Å². The lowest BCUT2D eigenvalue weighted by molar-refractivity contribution is -0.146. The number of rotatable bonds is 4. The minimum Gasteiger partial charge on any atom is -0.504 e. The Balaban J connectivity index is 2.00. The minimum absolute atomic E-state index is 0.00390. The molecule has 0 aromatic heterocycles. The van der Waals surface area contributed by atoms with Gasteiger partial charge in [0.2, 0.25) is 5.90 Å². The van der Waals surface area contributed by atoms with E-state index in [0.717, 1.165) is 21.9 Å². The Morgan fingerprint density at radius 1 is 1.17 bits per heavy atom. The van der Waals surface area contributed by atoms with Crippen molar-refractivity contribution in [3.8, 4) is 17.2 Å². The molecule has 1 aliphatic rings. The quantitative estimate of drug-likeness (QED) is 0.650. The van der Waals surface area contributed by atoms with Crippen molar-refractivity contribution in [1.82, 2.24) is 0 Å². The van der Waals surface area contributed by atoms with Crippen LogP contribution in [-0.4, -0.2) is 30.7 Å². The van der Waals surface area contributed by atoms with Crippen molar-refractivity contribution in [1.29, 1.82) is 5.41 Å². The molecule has 2 unspecified atom stereocenters. The molecule has 3 aromatic carbocycles. The fraction of sp³-hybridized carbons (Fsp3) is 0.217. The molecule has 1 heterocycles. The van der Waals surface area contributed by atoms with E-state index in [1.54, 1.807) is 19.1 Å². The van der Waals surface area contributed by atoms with Crippen molar-refractivity contribution >= 4 is 22.6 Å². The van der Waals surface area contributed by atoms with Crippen LogP contribution in [0.25, 0.3) is 10.8 Å². The molecule has 4 rings (SSSR count). The van der Waals surface area contributed by atoms with E-state index in [9.17, 15) is 9.90 Å². The molecular weight excluding hydrogens is 370 g/mol. The third kappa shape index (κ3) is 3.16. The highest BCUT2D eigenvalue weighted by molar-refractivity contribution is 6.03. The summed E-state index contributed by atoms with van der Waals surface area (Å²) in [7, 11) is 1.47. The number of phenols is 1. The number of fused-ring (bicyclic) bond motifs is 3. The van der Waals surface area contributed by atoms with Gasteiger partial charge in [-0.3, -0.25) is 10.2 Å². The van der Waals surface area contributed by atoms with Crippen molar-refractivity contribution in [3.05, 3.63) is 65.7 Å². The highest BCUT2D eigenvalue weighted by Crippen LogP contribution is 2.47. The van der Waals surface area contributed by atoms with E-state index in [1.165, 1.54) is 13.2 Å². The SMILES string of the molecule is CCOC(=O)C1C(=N)Oc2ccc3ccccc3c2C1c1ccc(O)c(OC)c1. The first-order chi connectivity index (χ1) is 14.0. The van der Waals surface area contributed by atoms with Gasteiger partial charge in [0.05, 0.1) is 13.7 Å². The number of aromatic hydroxyl groups is 1. The minimum atomic E-state index is -0.942. The van der Waals surface area contributed by atoms with Crippen LogP contribution >= 0.6 is 0 Å². The van der Waals surface area contributed by atoms with Gasteiger partial charge in [0, 0.05) is 11.5 Å². The molecule has 0 amide bonds. The molecule has 1 aliphatic heterocycles. The number of carbonyl (C=O) groups is 1. The smallest absolute Gasteiger partial charge is 0.319 e. The highest BCUT2D eigenvalue weighted by atomic mass is 16.5. The zero-order valence-corrected chi connectivity index (χ0v) is 16.1. The third-order valence-corrected chi connectivity index (χ3v) is 5.18. The van der Waals surface area contributed by atoms with E-state index in [2.05, 4.69) is 0 Å². The number of hydrogen-bond acceptors (Lipinski definition) is 6. The summed E-state index contributed by atoms with van der Waals surface area (Å²) in [6, 6.07) is 16.5. The first kappa shape index (κ1) is 18.8. The number of phenolic OH excluding ortho intramolecular Hbond substituents is 1. The van der Waals surface area contributed by atoms with E-state index in [-0.39, 0.29) is 18.3 Å². The van der Waals surface area contributed by atoms with Crippen LogP contribution in [0.3, 0.4) is 0 Å². The Kier molecular flexibility index (Phi) is 4.84. The Morgan fingerprint density at radius 3 is 2.72 bits per heavy atom. The maximum atomic E-state index is 12.8. The van der Waals surface area contributed by atoms with Crippen molar-refractivity contribution in [2.45, 2.75) is 12.8 Å². The lowest BCUT2D eigenvalue weighted by Crippen LogP contribution is -2.38. The molecule has 0 radical (unpaired) electrons. The summed E-state index contributed by atoms with van der Waals surface area (Å²) in [5.74, 6) is -1.31. The normalized spacial score (nSPS) is 18.1. The number of ether oxygens (including phenoxy) is 3. The van der Waals surface area contributed by atoms with Gasteiger partial charge in [-0.05, 0) is 41.5 Å². The molecule has 0 aliphatic carbocycles. The molecule has 0 fully saturated rings. The number of esters is 1. The summed E-state index contributed by atoms with van der Waals surface area (Å²) in [5.41, 5.74) is 1.54. The average molecular weight is 391 g/mol. The van der Waals surface area contributed by atoms with E-state index >= 15 is 0 Å². The van der Waals surface area contributed by atoms with Crippen molar-refractivity contribution in [3.63, 3.8) is 0 Å². The van der Waals surface area contributed by atoms with Crippen LogP contribution in [0, 0.1) is 11.3 Å². The van der Waals surface area contributed by atoms with Crippen LogP contribution < -0.4 is 9.47 Å². The first-order valence-corrected chi connectivity index (χ1v) is 9.36. The summed E-state index contributed by atoms with van der Waals surface area (Å²) in [6.45, 7) is 1.93. The van der Waals surface area contributed by atoms with Gasteiger partial charge in [-0.1, -0.05) is 36.4 Å². The predicted molar refractivity (Wildman–Crippen MR) is 109 cm³/mol. The highest BCUT2D eigenvalue weighted by Gasteiger charge is 2.43. The molecule has 148 valence electrons. The van der Waals surface area contributed by atoms with Gasteiger partial charge in [-0.25, -0.2) is 0 Å². The van der Waals surface area contributed by atoms with E-state index in [4.69, 9.17) is 19.6 Å². The van der Waals surface area contributed by atoms with Gasteiger partial charge < -0.3 is 19.3 Å². The maximum Gasteiger partial charge on any atom is 0.319 e. The number of carbonyl (C=O) groups excluding carboxylic acids is 1. The Morgan fingerprint density at radius 2 is 1.97 bits per heavy atom. The first-order valence-electron chi connectivity index (χ1n) is 9.36. The fourth-order valence-electron chi connectivity index (χ4n) is 3.91. The van der Waals surface area contributed by atoms with Crippen LogP contribution in [0.1, 0.15) is 24.0 Å². The average Bonchev–Trinajstić information content (AvgIpc) is 2.73. The van der Waals surface area contributed by atoms with E-state index in [1.807, 2.05) is 36.4 Å². The summed E-state index contributed by atoms with van der Waals surface area (Å²) in [6.07, 6.45) is 0. The second-order valence-electron chi connectivity index (χ2n) is 6.80. The fourth-order valence-corrected chi connectivity index (χ4v) is 3.91. The molecule has 29 heavy (non-hydrogen) atoms. The zero-order chi connectivity index (χ0) is 20.5. The predicted octanol–water partition coefficient (Wildman–Crippen LogP) is 4.23. The van der Waals surface area contributed by atoms with Gasteiger partial charge in [-0.2, -0.15) is 0 Å². The molecular formula is C23H21NO5. The van der Waals surface area contributed by atoms with Gasteiger partial charge in [0.15, 0.2) is 11.5 Å². The molecule has 6 heteroatoms. The van der Waals surface area contributed by atoms with Gasteiger partial charge in [0.25, 0.3) is 0 Å². The number of hydrogen-bond donors (Lipinski definition) is 2. The Labute approximate surface area is 168 Å². The van der Waals surface area contributed by atoms with Crippen LogP contribution in [0.4, 0.5) is 0 Å². The molecule has 2 N–H and O–H groups in total. The molecule has 0 saturated carbocycles. The molecule has 0 spiro atoms. The summed E-state index contributed by atoms with van der Waals surface area (Å²) < 4.78 is 16.3. The van der Waals surface area contributed by atoms with Crippen molar-refractivity contribution in [2.75, 3.05) is 13.7 Å². The topological polar surface area (TPSA) is 88.8 Å². The number of methoxy groups -OCH3 is 1. The molecule has 2 atom stereocenters.